The first kappa shape index (κ1) is 32.3. The summed E-state index contributed by atoms with van der Waals surface area (Å²) in [7, 11) is -0.403. The van der Waals surface area contributed by atoms with Crippen LogP contribution in [-0.4, -0.2) is 74.7 Å². The van der Waals surface area contributed by atoms with E-state index in [0.29, 0.717) is 42.5 Å². The summed E-state index contributed by atoms with van der Waals surface area (Å²) in [4.78, 5) is 32.1. The second kappa shape index (κ2) is 12.1. The largest absolute Gasteiger partial charge is 0.494 e. The Balaban J connectivity index is 1.43. The van der Waals surface area contributed by atoms with Crippen LogP contribution in [0.3, 0.4) is 0 Å². The Bertz CT molecular complexity index is 1330. The van der Waals surface area contributed by atoms with Crippen molar-refractivity contribution in [3.8, 4) is 5.75 Å². The van der Waals surface area contributed by atoms with E-state index >= 15 is 0 Å². The number of carbonyl (C=O) groups is 2. The number of hydrogen-bond acceptors (Lipinski definition) is 7. The van der Waals surface area contributed by atoms with Crippen molar-refractivity contribution in [2.45, 2.75) is 97.6 Å². The van der Waals surface area contributed by atoms with Crippen molar-refractivity contribution in [3.05, 3.63) is 22.8 Å². The highest BCUT2D eigenvalue weighted by molar-refractivity contribution is 7.89. The number of methoxy groups -OCH3 is 1. The van der Waals surface area contributed by atoms with Gasteiger partial charge >= 0.3 is 6.09 Å². The molecule has 42 heavy (non-hydrogen) atoms. The Hall–Kier alpha value is -2.66. The first-order valence-corrected chi connectivity index (χ1v) is 16.7. The van der Waals surface area contributed by atoms with E-state index in [4.69, 9.17) is 14.5 Å². The predicted molar refractivity (Wildman–Crippen MR) is 165 cm³/mol. The molecule has 1 N–H and O–H groups in total. The standard InChI is InChI=1S/C31H48N4O6S/c1-20-9-11-23(12-10-20)27-32-28(36)31(33-27)14-16-35(17-15-31)42(38,39)18-13-24-21(2)19-25(26(40-8)22(24)3)34(7)29(37)41-30(4,5)6/h19-20,23H,9-18H2,1-8H3,(H,32,33,36). The number of piperidine rings is 1. The molecule has 1 saturated carbocycles. The van der Waals surface area contributed by atoms with Crippen LogP contribution in [-0.2, 0) is 26.0 Å². The molecule has 0 atom stereocenters. The van der Waals surface area contributed by atoms with Gasteiger partial charge in [-0.25, -0.2) is 17.5 Å². The van der Waals surface area contributed by atoms with Crippen LogP contribution in [0.25, 0.3) is 0 Å². The fourth-order valence-corrected chi connectivity index (χ4v) is 7.86. The third-order valence-corrected chi connectivity index (χ3v) is 10.9. The zero-order valence-corrected chi connectivity index (χ0v) is 27.3. The van der Waals surface area contributed by atoms with Crippen molar-refractivity contribution in [1.29, 1.82) is 0 Å². The van der Waals surface area contributed by atoms with E-state index in [2.05, 4.69) is 12.2 Å². The molecule has 2 amide bonds. The number of amidine groups is 1. The van der Waals surface area contributed by atoms with Crippen LogP contribution >= 0.6 is 0 Å². The van der Waals surface area contributed by atoms with Crippen molar-refractivity contribution in [2.24, 2.45) is 16.8 Å². The lowest BCUT2D eigenvalue weighted by atomic mass is 9.82. The van der Waals surface area contributed by atoms with Gasteiger partial charge in [-0.05, 0) is 95.4 Å². The number of nitrogens with one attached hydrogen (secondary N) is 1. The zero-order chi connectivity index (χ0) is 31.0. The summed E-state index contributed by atoms with van der Waals surface area (Å²) in [5.41, 5.74) is 1.60. The van der Waals surface area contributed by atoms with Gasteiger partial charge in [0.2, 0.25) is 10.0 Å². The molecule has 234 valence electrons. The van der Waals surface area contributed by atoms with Crippen LogP contribution in [0.5, 0.6) is 5.75 Å². The van der Waals surface area contributed by atoms with E-state index in [-0.39, 0.29) is 24.7 Å². The van der Waals surface area contributed by atoms with Crippen molar-refractivity contribution in [1.82, 2.24) is 9.62 Å². The monoisotopic (exact) mass is 604 g/mol. The predicted octanol–water partition coefficient (Wildman–Crippen LogP) is 4.74. The number of carbonyl (C=O) groups excluding carboxylic acids is 2. The van der Waals surface area contributed by atoms with E-state index < -0.39 is 27.3 Å². The maximum Gasteiger partial charge on any atom is 0.414 e. The van der Waals surface area contributed by atoms with Gasteiger partial charge in [-0.3, -0.25) is 14.7 Å². The number of amides is 2. The summed E-state index contributed by atoms with van der Waals surface area (Å²) < 4.78 is 39.6. The number of hydrogen-bond donors (Lipinski definition) is 1. The fourth-order valence-electron chi connectivity index (χ4n) is 6.40. The summed E-state index contributed by atoms with van der Waals surface area (Å²) >= 11 is 0. The lowest BCUT2D eigenvalue weighted by molar-refractivity contribution is -0.125. The molecule has 0 aromatic heterocycles. The van der Waals surface area contributed by atoms with Gasteiger partial charge in [0.15, 0.2) is 0 Å². The van der Waals surface area contributed by atoms with Gasteiger partial charge in [0.1, 0.15) is 22.7 Å². The number of rotatable bonds is 7. The maximum absolute atomic E-state index is 13.4. The van der Waals surface area contributed by atoms with Gasteiger partial charge in [-0.2, -0.15) is 0 Å². The Morgan fingerprint density at radius 3 is 2.36 bits per heavy atom. The summed E-state index contributed by atoms with van der Waals surface area (Å²) in [6.07, 6.45) is 4.96. The topological polar surface area (TPSA) is 118 Å². The molecule has 1 aromatic rings. The smallest absolute Gasteiger partial charge is 0.414 e. The molecule has 2 heterocycles. The van der Waals surface area contributed by atoms with Crippen LogP contribution in [0.1, 0.15) is 82.9 Å². The number of aryl methyl sites for hydroxylation is 1. The molecule has 11 heteroatoms. The van der Waals surface area contributed by atoms with E-state index in [1.807, 2.05) is 40.7 Å². The molecular weight excluding hydrogens is 556 g/mol. The molecule has 2 aliphatic heterocycles. The lowest BCUT2D eigenvalue weighted by Gasteiger charge is -2.35. The second-order valence-corrected chi connectivity index (χ2v) is 15.4. The highest BCUT2D eigenvalue weighted by Gasteiger charge is 2.48. The van der Waals surface area contributed by atoms with Crippen LogP contribution in [0.4, 0.5) is 10.5 Å². The highest BCUT2D eigenvalue weighted by atomic mass is 32.2. The number of ether oxygens (including phenoxy) is 2. The molecular formula is C31H48N4O6S. The Morgan fingerprint density at radius 1 is 1.17 bits per heavy atom. The number of nitrogens with zero attached hydrogens (tertiary/aromatic N) is 3. The van der Waals surface area contributed by atoms with Gasteiger partial charge in [-0.1, -0.05) is 19.8 Å². The van der Waals surface area contributed by atoms with Crippen molar-refractivity contribution >= 4 is 33.5 Å². The molecule has 1 saturated heterocycles. The number of anilines is 1. The van der Waals surface area contributed by atoms with Crippen molar-refractivity contribution < 1.29 is 27.5 Å². The zero-order valence-electron chi connectivity index (χ0n) is 26.5. The minimum Gasteiger partial charge on any atom is -0.494 e. The highest BCUT2D eigenvalue weighted by Crippen LogP contribution is 2.38. The van der Waals surface area contributed by atoms with Gasteiger partial charge in [0, 0.05) is 26.1 Å². The molecule has 4 rings (SSSR count). The van der Waals surface area contributed by atoms with E-state index in [1.165, 1.54) is 16.3 Å². The minimum atomic E-state index is -3.57. The van der Waals surface area contributed by atoms with E-state index in [9.17, 15) is 18.0 Å². The third kappa shape index (κ3) is 6.77. The summed E-state index contributed by atoms with van der Waals surface area (Å²) in [6.45, 7) is 12.0. The minimum absolute atomic E-state index is 0.0624. The van der Waals surface area contributed by atoms with Crippen LogP contribution in [0.15, 0.2) is 11.1 Å². The lowest BCUT2D eigenvalue weighted by Crippen LogP contribution is -2.51. The molecule has 1 spiro atoms. The average Bonchev–Trinajstić information content (AvgIpc) is 3.22. The molecule has 1 aliphatic carbocycles. The van der Waals surface area contributed by atoms with Crippen LogP contribution in [0, 0.1) is 25.7 Å². The van der Waals surface area contributed by atoms with Gasteiger partial charge in [0.05, 0.1) is 18.6 Å². The average molecular weight is 605 g/mol. The maximum atomic E-state index is 13.4. The fraction of sp³-hybridized carbons (Fsp3) is 0.710. The number of sulfonamides is 1. The molecule has 0 bridgehead atoms. The van der Waals surface area contributed by atoms with Gasteiger partial charge < -0.3 is 14.8 Å². The third-order valence-electron chi connectivity index (χ3n) is 9.04. The first-order chi connectivity index (χ1) is 19.6. The Kier molecular flexibility index (Phi) is 9.33. The van der Waals surface area contributed by atoms with Crippen LogP contribution < -0.4 is 15.0 Å². The molecule has 0 unspecified atom stereocenters. The second-order valence-electron chi connectivity index (χ2n) is 13.3. The molecule has 10 nitrogen and oxygen atoms in total. The summed E-state index contributed by atoms with van der Waals surface area (Å²) in [5, 5.41) is 3.05. The normalized spacial score (nSPS) is 23.0. The molecule has 0 radical (unpaired) electrons. The van der Waals surface area contributed by atoms with Gasteiger partial charge in [-0.15, -0.1) is 0 Å². The SMILES string of the molecule is COc1c(N(C)C(=O)OC(C)(C)C)cc(C)c(CCS(=O)(=O)N2CCC3(CC2)N=C(C2CCC(C)CC2)NC3=O)c1C. The van der Waals surface area contributed by atoms with Gasteiger partial charge in [0.25, 0.3) is 5.91 Å². The Labute approximate surface area is 251 Å². The quantitative estimate of drug-likeness (QED) is 0.480. The molecule has 2 fully saturated rings. The number of benzene rings is 1. The summed E-state index contributed by atoms with van der Waals surface area (Å²) in [5.74, 6) is 2.19. The van der Waals surface area contributed by atoms with E-state index in [1.54, 1.807) is 7.05 Å². The number of aliphatic imine (C=N–C) groups is 1. The molecule has 1 aromatic carbocycles. The Morgan fingerprint density at radius 2 is 1.79 bits per heavy atom. The molecule has 3 aliphatic rings. The first-order valence-electron chi connectivity index (χ1n) is 15.1. The van der Waals surface area contributed by atoms with Crippen molar-refractivity contribution in [2.75, 3.05) is 37.9 Å². The van der Waals surface area contributed by atoms with E-state index in [0.717, 1.165) is 48.2 Å². The van der Waals surface area contributed by atoms with Crippen LogP contribution in [0.2, 0.25) is 0 Å². The summed E-state index contributed by atoms with van der Waals surface area (Å²) in [6, 6.07) is 1.84. The van der Waals surface area contributed by atoms with Crippen molar-refractivity contribution in [3.63, 3.8) is 0 Å².